The van der Waals surface area contributed by atoms with Crippen molar-refractivity contribution in [1.82, 2.24) is 10.2 Å². The fourth-order valence-corrected chi connectivity index (χ4v) is 3.23. The highest BCUT2D eigenvalue weighted by atomic mass is 35.5. The van der Waals surface area contributed by atoms with E-state index in [9.17, 15) is 14.7 Å². The molecule has 2 aliphatic heterocycles. The van der Waals surface area contributed by atoms with Gasteiger partial charge < -0.3 is 15.3 Å². The van der Waals surface area contributed by atoms with Gasteiger partial charge in [-0.25, -0.2) is 0 Å². The first kappa shape index (κ1) is 15.1. The first-order valence-corrected chi connectivity index (χ1v) is 6.96. The van der Waals surface area contributed by atoms with E-state index in [1.165, 1.54) is 12.2 Å². The Hall–Kier alpha value is -1.33. The van der Waals surface area contributed by atoms with Crippen LogP contribution in [0.3, 0.4) is 0 Å². The van der Waals surface area contributed by atoms with E-state index >= 15 is 0 Å². The predicted octanol–water partition coefficient (Wildman–Crippen LogP) is 0.924. The number of nitrogens with one attached hydrogen (secondary N) is 1. The average molecular weight is 299 g/mol. The SMILES string of the molecule is CC(C)=CC(=O)NC1=CC(=O)C2(C)C(O)C(Cl)C(C)N12. The van der Waals surface area contributed by atoms with Crippen LogP contribution in [-0.4, -0.2) is 44.8 Å². The molecule has 2 N–H and O–H groups in total. The van der Waals surface area contributed by atoms with Crippen LogP contribution in [0, 0.1) is 0 Å². The Labute approximate surface area is 123 Å². The maximum atomic E-state index is 12.2. The Morgan fingerprint density at radius 3 is 2.70 bits per heavy atom. The van der Waals surface area contributed by atoms with Crippen molar-refractivity contribution in [2.24, 2.45) is 0 Å². The van der Waals surface area contributed by atoms with Gasteiger partial charge >= 0.3 is 0 Å². The van der Waals surface area contributed by atoms with E-state index in [1.807, 2.05) is 20.8 Å². The summed E-state index contributed by atoms with van der Waals surface area (Å²) in [5.74, 6) is -0.143. The summed E-state index contributed by atoms with van der Waals surface area (Å²) >= 11 is 6.16. The van der Waals surface area contributed by atoms with Gasteiger partial charge in [0.15, 0.2) is 5.78 Å². The third kappa shape index (κ3) is 2.05. The minimum absolute atomic E-state index is 0.243. The molecule has 2 aliphatic rings. The van der Waals surface area contributed by atoms with E-state index in [-0.39, 0.29) is 17.7 Å². The van der Waals surface area contributed by atoms with Crippen molar-refractivity contribution in [3.63, 3.8) is 0 Å². The highest BCUT2D eigenvalue weighted by Gasteiger charge is 2.61. The molecule has 2 rings (SSSR count). The van der Waals surface area contributed by atoms with E-state index in [1.54, 1.807) is 11.8 Å². The molecule has 5 nitrogen and oxygen atoms in total. The number of rotatable bonds is 2. The van der Waals surface area contributed by atoms with Crippen molar-refractivity contribution in [1.29, 1.82) is 0 Å². The molecule has 20 heavy (non-hydrogen) atoms. The van der Waals surface area contributed by atoms with Gasteiger partial charge in [-0.3, -0.25) is 9.59 Å². The van der Waals surface area contributed by atoms with Gasteiger partial charge in [-0.2, -0.15) is 0 Å². The molecule has 2 heterocycles. The van der Waals surface area contributed by atoms with E-state index in [4.69, 9.17) is 11.6 Å². The fourth-order valence-electron chi connectivity index (χ4n) is 2.88. The molecule has 110 valence electrons. The summed E-state index contributed by atoms with van der Waals surface area (Å²) in [6, 6.07) is -0.249. The normalized spacial score (nSPS) is 35.7. The van der Waals surface area contributed by atoms with Crippen molar-refractivity contribution in [2.45, 2.75) is 50.8 Å². The van der Waals surface area contributed by atoms with Crippen molar-refractivity contribution in [3.05, 3.63) is 23.5 Å². The number of hydrogen-bond donors (Lipinski definition) is 2. The third-order valence-electron chi connectivity index (χ3n) is 3.94. The van der Waals surface area contributed by atoms with Crippen LogP contribution in [0.4, 0.5) is 0 Å². The van der Waals surface area contributed by atoms with Crippen LogP contribution in [0.2, 0.25) is 0 Å². The van der Waals surface area contributed by atoms with Crippen LogP contribution < -0.4 is 5.32 Å². The molecular weight excluding hydrogens is 280 g/mol. The van der Waals surface area contributed by atoms with Gasteiger partial charge in [0.1, 0.15) is 17.5 Å². The van der Waals surface area contributed by atoms with E-state index < -0.39 is 17.0 Å². The van der Waals surface area contributed by atoms with Crippen LogP contribution in [-0.2, 0) is 9.59 Å². The Kier molecular flexibility index (Phi) is 3.69. The topological polar surface area (TPSA) is 69.6 Å². The second-order valence-corrected chi connectivity index (χ2v) is 6.26. The number of amides is 1. The molecule has 1 amide bonds. The van der Waals surface area contributed by atoms with Gasteiger partial charge in [0.25, 0.3) is 0 Å². The number of halogens is 1. The lowest BCUT2D eigenvalue weighted by atomic mass is 9.92. The summed E-state index contributed by atoms with van der Waals surface area (Å²) in [7, 11) is 0. The molecule has 1 fully saturated rings. The van der Waals surface area contributed by atoms with Crippen molar-refractivity contribution in [3.8, 4) is 0 Å². The summed E-state index contributed by atoms with van der Waals surface area (Å²) < 4.78 is 0. The van der Waals surface area contributed by atoms with Crippen LogP contribution >= 0.6 is 11.6 Å². The van der Waals surface area contributed by atoms with E-state index in [0.29, 0.717) is 5.82 Å². The smallest absolute Gasteiger partial charge is 0.249 e. The molecule has 0 spiro atoms. The zero-order valence-corrected chi connectivity index (χ0v) is 12.7. The zero-order chi connectivity index (χ0) is 15.2. The lowest BCUT2D eigenvalue weighted by Crippen LogP contribution is -2.52. The number of carbonyl (C=O) groups excluding carboxylic acids is 2. The first-order chi connectivity index (χ1) is 9.19. The van der Waals surface area contributed by atoms with Gasteiger partial charge in [-0.05, 0) is 27.7 Å². The van der Waals surface area contributed by atoms with Crippen molar-refractivity contribution < 1.29 is 14.7 Å². The van der Waals surface area contributed by atoms with Gasteiger partial charge in [-0.1, -0.05) is 5.57 Å². The quantitative estimate of drug-likeness (QED) is 0.588. The van der Waals surface area contributed by atoms with Crippen LogP contribution in [0.25, 0.3) is 0 Å². The van der Waals surface area contributed by atoms with Crippen LogP contribution in [0.5, 0.6) is 0 Å². The number of alkyl halides is 1. The Morgan fingerprint density at radius 1 is 1.55 bits per heavy atom. The number of aliphatic hydroxyl groups is 1. The molecule has 0 radical (unpaired) electrons. The highest BCUT2D eigenvalue weighted by molar-refractivity contribution is 6.22. The number of ketones is 1. The Bertz CT molecular complexity index is 525. The molecule has 0 saturated carbocycles. The molecule has 6 heteroatoms. The van der Waals surface area contributed by atoms with Crippen LogP contribution in [0.15, 0.2) is 23.5 Å². The monoisotopic (exact) mass is 298 g/mol. The van der Waals surface area contributed by atoms with Gasteiger partial charge in [-0.15, -0.1) is 11.6 Å². The van der Waals surface area contributed by atoms with Gasteiger partial charge in [0, 0.05) is 18.2 Å². The lowest BCUT2D eigenvalue weighted by Gasteiger charge is -2.34. The molecule has 0 aromatic rings. The molecule has 4 unspecified atom stereocenters. The molecular formula is C14H19ClN2O3. The predicted molar refractivity (Wildman–Crippen MR) is 76.0 cm³/mol. The highest BCUT2D eigenvalue weighted by Crippen LogP contribution is 2.43. The maximum Gasteiger partial charge on any atom is 0.249 e. The largest absolute Gasteiger partial charge is 0.389 e. The molecule has 4 atom stereocenters. The Balaban J connectivity index is 2.30. The molecule has 0 aromatic carbocycles. The molecule has 0 bridgehead atoms. The number of aliphatic hydroxyl groups excluding tert-OH is 1. The average Bonchev–Trinajstić information content (AvgIpc) is 2.66. The number of fused-ring (bicyclic) bond motifs is 1. The van der Waals surface area contributed by atoms with Crippen molar-refractivity contribution >= 4 is 23.3 Å². The van der Waals surface area contributed by atoms with Gasteiger partial charge in [0.2, 0.25) is 5.91 Å². The minimum Gasteiger partial charge on any atom is -0.389 e. The number of allylic oxidation sites excluding steroid dienone is 1. The number of nitrogens with zero attached hydrogens (tertiary/aromatic N) is 1. The number of carbonyl (C=O) groups is 2. The van der Waals surface area contributed by atoms with E-state index in [0.717, 1.165) is 5.57 Å². The lowest BCUT2D eigenvalue weighted by molar-refractivity contribution is -0.125. The second-order valence-electron chi connectivity index (χ2n) is 5.75. The van der Waals surface area contributed by atoms with E-state index in [2.05, 4.69) is 5.32 Å². The summed E-state index contributed by atoms with van der Waals surface area (Å²) in [5.41, 5.74) is -0.237. The van der Waals surface area contributed by atoms with Gasteiger partial charge in [0.05, 0.1) is 5.38 Å². The third-order valence-corrected chi connectivity index (χ3v) is 4.55. The number of hydrogen-bond acceptors (Lipinski definition) is 4. The summed E-state index contributed by atoms with van der Waals surface area (Å²) in [6.45, 7) is 7.10. The van der Waals surface area contributed by atoms with Crippen molar-refractivity contribution in [2.75, 3.05) is 0 Å². The zero-order valence-electron chi connectivity index (χ0n) is 12.0. The molecule has 0 aliphatic carbocycles. The summed E-state index contributed by atoms with van der Waals surface area (Å²) in [4.78, 5) is 25.7. The summed E-state index contributed by atoms with van der Waals surface area (Å²) in [5, 5.41) is 12.3. The first-order valence-electron chi connectivity index (χ1n) is 6.53. The molecule has 1 saturated heterocycles. The molecule has 0 aromatic heterocycles. The minimum atomic E-state index is -1.10. The van der Waals surface area contributed by atoms with Crippen LogP contribution in [0.1, 0.15) is 27.7 Å². The second kappa shape index (κ2) is 4.90. The maximum absolute atomic E-state index is 12.2. The Morgan fingerprint density at radius 2 is 2.15 bits per heavy atom. The fraction of sp³-hybridized carbons (Fsp3) is 0.571. The summed E-state index contributed by atoms with van der Waals surface area (Å²) in [6.07, 6.45) is 1.84. The standard InChI is InChI=1S/C14H19ClN2O3/c1-7(2)5-11(19)16-10-6-9(18)14(4)13(20)12(15)8(3)17(10)14/h5-6,8,12-13,20H,1-4H3,(H,16,19).